The van der Waals surface area contributed by atoms with Gasteiger partial charge in [-0.15, -0.1) is 12.4 Å². The van der Waals surface area contributed by atoms with Gasteiger partial charge in [0, 0.05) is 24.8 Å². The average molecular weight is 351 g/mol. The number of carbonyl (C=O) groups excluding carboxylic acids is 1. The number of hydrogen-bond acceptors (Lipinski definition) is 3. The van der Waals surface area contributed by atoms with Crippen LogP contribution in [0.5, 0.6) is 5.75 Å². The van der Waals surface area contributed by atoms with Crippen molar-refractivity contribution in [2.24, 2.45) is 0 Å². The normalized spacial score (nSPS) is 11.9. The Morgan fingerprint density at radius 2 is 2.08 bits per heavy atom. The summed E-state index contributed by atoms with van der Waals surface area (Å²) >= 11 is 0. The smallest absolute Gasteiger partial charge is 0.253 e. The first-order chi connectivity index (χ1) is 11.1. The molecule has 0 spiro atoms. The summed E-state index contributed by atoms with van der Waals surface area (Å²) in [5.74, 6) is -0.249. The van der Waals surface area contributed by atoms with Crippen LogP contribution in [0, 0.1) is 5.82 Å². The Morgan fingerprint density at radius 3 is 2.88 bits per heavy atom. The summed E-state index contributed by atoms with van der Waals surface area (Å²) in [6, 6.07) is 12.0. The minimum absolute atomic E-state index is 0. The van der Waals surface area contributed by atoms with Crippen molar-refractivity contribution >= 4 is 24.0 Å². The van der Waals surface area contributed by atoms with Crippen molar-refractivity contribution in [1.29, 1.82) is 0 Å². The lowest BCUT2D eigenvalue weighted by molar-refractivity contribution is 0.0773. The van der Waals surface area contributed by atoms with Crippen molar-refractivity contribution in [3.05, 3.63) is 59.4 Å². The minimum Gasteiger partial charge on any atom is -0.489 e. The van der Waals surface area contributed by atoms with Crippen LogP contribution in [0.4, 0.5) is 10.1 Å². The number of ether oxygens (including phenoxy) is 1. The monoisotopic (exact) mass is 350 g/mol. The molecule has 0 unspecified atom stereocenters. The molecule has 24 heavy (non-hydrogen) atoms. The molecule has 0 saturated carbocycles. The van der Waals surface area contributed by atoms with E-state index in [-0.39, 0.29) is 30.7 Å². The summed E-state index contributed by atoms with van der Waals surface area (Å²) in [4.78, 5) is 14.0. The number of nitrogens with one attached hydrogen (secondary N) is 1. The molecule has 4 nitrogen and oxygen atoms in total. The Kier molecular flexibility index (Phi) is 6.04. The summed E-state index contributed by atoms with van der Waals surface area (Å²) in [5, 5.41) is 3.27. The van der Waals surface area contributed by atoms with E-state index in [1.54, 1.807) is 30.1 Å². The Balaban J connectivity index is 0.00000208. The van der Waals surface area contributed by atoms with Crippen molar-refractivity contribution < 1.29 is 13.9 Å². The lowest BCUT2D eigenvalue weighted by Gasteiger charge is -2.18. The summed E-state index contributed by atoms with van der Waals surface area (Å²) in [6.07, 6.45) is 0.941. The van der Waals surface area contributed by atoms with Gasteiger partial charge in [0.1, 0.15) is 6.61 Å². The molecular weight excluding hydrogens is 331 g/mol. The van der Waals surface area contributed by atoms with Gasteiger partial charge in [0.2, 0.25) is 0 Å². The first-order valence-corrected chi connectivity index (χ1v) is 7.65. The van der Waals surface area contributed by atoms with Crippen LogP contribution in [0.2, 0.25) is 0 Å². The molecule has 1 N–H and O–H groups in total. The number of para-hydroxylation sites is 1. The number of hydrogen-bond donors (Lipinski definition) is 1. The molecule has 0 bridgehead atoms. The predicted molar refractivity (Wildman–Crippen MR) is 94.7 cm³/mol. The molecule has 1 aliphatic rings. The van der Waals surface area contributed by atoms with Gasteiger partial charge in [-0.05, 0) is 42.3 Å². The standard InChI is InChI=1S/C18H19FN2O2.ClH/c1-21(10-11-23-17-5-3-2-4-15(17)19)18(22)14-6-7-16-13(12-14)8-9-20-16;/h2-7,12,20H,8-11H2,1H3;1H. The van der Waals surface area contributed by atoms with E-state index < -0.39 is 5.82 Å². The molecular formula is C18H20ClFN2O2. The zero-order chi connectivity index (χ0) is 16.2. The highest BCUT2D eigenvalue weighted by molar-refractivity contribution is 5.94. The summed E-state index contributed by atoms with van der Waals surface area (Å²) in [6.45, 7) is 1.55. The van der Waals surface area contributed by atoms with Gasteiger partial charge in [-0.3, -0.25) is 4.79 Å². The molecule has 2 aromatic carbocycles. The molecule has 0 fully saturated rings. The third-order valence-corrected chi connectivity index (χ3v) is 3.93. The quantitative estimate of drug-likeness (QED) is 0.899. The van der Waals surface area contributed by atoms with Crippen LogP contribution < -0.4 is 10.1 Å². The number of anilines is 1. The molecule has 0 aliphatic carbocycles. The van der Waals surface area contributed by atoms with E-state index in [1.165, 1.54) is 11.6 Å². The van der Waals surface area contributed by atoms with E-state index in [2.05, 4.69) is 5.32 Å². The lowest BCUT2D eigenvalue weighted by Crippen LogP contribution is -2.31. The molecule has 1 heterocycles. The number of benzene rings is 2. The highest BCUT2D eigenvalue weighted by Crippen LogP contribution is 2.23. The zero-order valence-corrected chi connectivity index (χ0v) is 14.2. The van der Waals surface area contributed by atoms with Gasteiger partial charge in [-0.25, -0.2) is 4.39 Å². The van der Waals surface area contributed by atoms with E-state index in [0.29, 0.717) is 12.1 Å². The van der Waals surface area contributed by atoms with Crippen molar-refractivity contribution in [3.8, 4) is 5.75 Å². The Hall–Kier alpha value is -2.27. The molecule has 2 aromatic rings. The number of amides is 1. The van der Waals surface area contributed by atoms with Crippen LogP contribution >= 0.6 is 12.4 Å². The molecule has 3 rings (SSSR count). The van der Waals surface area contributed by atoms with Crippen LogP contribution in [-0.2, 0) is 6.42 Å². The maximum absolute atomic E-state index is 13.5. The third kappa shape index (κ3) is 3.97. The van der Waals surface area contributed by atoms with Crippen molar-refractivity contribution in [3.63, 3.8) is 0 Å². The van der Waals surface area contributed by atoms with E-state index in [4.69, 9.17) is 4.74 Å². The van der Waals surface area contributed by atoms with Crippen molar-refractivity contribution in [1.82, 2.24) is 4.90 Å². The molecule has 0 aromatic heterocycles. The highest BCUT2D eigenvalue weighted by atomic mass is 35.5. The van der Waals surface area contributed by atoms with Crippen LogP contribution in [0.3, 0.4) is 0 Å². The highest BCUT2D eigenvalue weighted by Gasteiger charge is 2.16. The van der Waals surface area contributed by atoms with Crippen LogP contribution in [0.15, 0.2) is 42.5 Å². The minimum atomic E-state index is -0.396. The SMILES string of the molecule is CN(CCOc1ccccc1F)C(=O)c1ccc2c(c1)CCN2.Cl. The van der Waals surface area contributed by atoms with E-state index in [0.717, 1.165) is 18.7 Å². The zero-order valence-electron chi connectivity index (χ0n) is 13.4. The number of halogens is 2. The molecule has 6 heteroatoms. The fourth-order valence-electron chi connectivity index (χ4n) is 2.61. The molecule has 1 aliphatic heterocycles. The predicted octanol–water partition coefficient (Wildman–Crippen LogP) is 3.37. The van der Waals surface area contributed by atoms with E-state index >= 15 is 0 Å². The van der Waals surface area contributed by atoms with Gasteiger partial charge in [-0.1, -0.05) is 12.1 Å². The number of rotatable bonds is 5. The summed E-state index contributed by atoms with van der Waals surface area (Å²) in [5.41, 5.74) is 2.94. The Morgan fingerprint density at radius 1 is 1.29 bits per heavy atom. The second kappa shape index (κ2) is 8.02. The maximum atomic E-state index is 13.5. The first-order valence-electron chi connectivity index (χ1n) is 7.65. The van der Waals surface area contributed by atoms with Gasteiger partial charge in [0.05, 0.1) is 6.54 Å². The molecule has 0 atom stereocenters. The molecule has 128 valence electrons. The number of carbonyl (C=O) groups is 1. The second-order valence-electron chi connectivity index (χ2n) is 5.55. The molecule has 1 amide bonds. The fourth-order valence-corrected chi connectivity index (χ4v) is 2.61. The lowest BCUT2D eigenvalue weighted by atomic mass is 10.1. The Bertz CT molecular complexity index is 724. The van der Waals surface area contributed by atoms with Gasteiger partial charge in [0.15, 0.2) is 11.6 Å². The van der Waals surface area contributed by atoms with Gasteiger partial charge in [0.25, 0.3) is 5.91 Å². The van der Waals surface area contributed by atoms with E-state index in [9.17, 15) is 9.18 Å². The number of nitrogens with zero attached hydrogens (tertiary/aromatic N) is 1. The summed E-state index contributed by atoms with van der Waals surface area (Å²) in [7, 11) is 1.72. The number of fused-ring (bicyclic) bond motifs is 1. The first kappa shape index (κ1) is 18.1. The molecule has 0 saturated heterocycles. The Labute approximate surface area is 147 Å². The van der Waals surface area contributed by atoms with Crippen LogP contribution in [0.1, 0.15) is 15.9 Å². The second-order valence-corrected chi connectivity index (χ2v) is 5.55. The van der Waals surface area contributed by atoms with Gasteiger partial charge >= 0.3 is 0 Å². The van der Waals surface area contributed by atoms with Crippen molar-refractivity contribution in [2.45, 2.75) is 6.42 Å². The van der Waals surface area contributed by atoms with Crippen molar-refractivity contribution in [2.75, 3.05) is 32.1 Å². The summed E-state index contributed by atoms with van der Waals surface area (Å²) < 4.78 is 18.8. The fraction of sp³-hybridized carbons (Fsp3) is 0.278. The topological polar surface area (TPSA) is 41.6 Å². The maximum Gasteiger partial charge on any atom is 0.253 e. The average Bonchev–Trinajstić information content (AvgIpc) is 3.03. The molecule has 0 radical (unpaired) electrons. The third-order valence-electron chi connectivity index (χ3n) is 3.93. The van der Waals surface area contributed by atoms with Crippen LogP contribution in [0.25, 0.3) is 0 Å². The number of likely N-dealkylation sites (N-methyl/N-ethyl adjacent to an activating group) is 1. The van der Waals surface area contributed by atoms with Gasteiger partial charge < -0.3 is 15.0 Å². The van der Waals surface area contributed by atoms with Gasteiger partial charge in [-0.2, -0.15) is 0 Å². The largest absolute Gasteiger partial charge is 0.489 e. The van der Waals surface area contributed by atoms with E-state index in [1.807, 2.05) is 18.2 Å². The van der Waals surface area contributed by atoms with Crippen LogP contribution in [-0.4, -0.2) is 37.6 Å².